The molecule has 186 valence electrons. The molecule has 0 aliphatic carbocycles. The Kier molecular flexibility index (Phi) is 7.06. The Morgan fingerprint density at radius 3 is 2.31 bits per heavy atom. The molecule has 0 fully saturated rings. The number of rotatable bonds is 6. The van der Waals surface area contributed by atoms with Crippen molar-refractivity contribution < 1.29 is 31.6 Å². The quantitative estimate of drug-likeness (QED) is 0.454. The van der Waals surface area contributed by atoms with E-state index in [9.17, 15) is 22.2 Å². The average Bonchev–Trinajstić information content (AvgIpc) is 2.74. The number of nitrogens with zero attached hydrogens (tertiary/aromatic N) is 2. The normalized spacial score (nSPS) is 13.1. The molecule has 35 heavy (non-hydrogen) atoms. The third kappa shape index (κ3) is 5.70. The first-order valence-corrected chi connectivity index (χ1v) is 12.1. The molecular weight excluding hydrogens is 485 g/mol. The van der Waals surface area contributed by atoms with Crippen molar-refractivity contribution in [2.75, 3.05) is 18.7 Å². The van der Waals surface area contributed by atoms with Crippen LogP contribution in [-0.2, 0) is 15.9 Å². The number of amides is 1. The highest BCUT2D eigenvalue weighted by Crippen LogP contribution is 2.37. The van der Waals surface area contributed by atoms with Crippen molar-refractivity contribution in [1.29, 1.82) is 4.78 Å². The molecule has 1 amide bonds. The Morgan fingerprint density at radius 2 is 1.71 bits per heavy atom. The molecule has 0 radical (unpaired) electrons. The first kappa shape index (κ1) is 25.9. The van der Waals surface area contributed by atoms with Crippen LogP contribution in [0.15, 0.2) is 41.3 Å². The number of nitrogens with one attached hydrogen (secondary N) is 2. The van der Waals surface area contributed by atoms with Crippen molar-refractivity contribution in [3.05, 3.63) is 64.3 Å². The predicted octanol–water partition coefficient (Wildman–Crippen LogP) is 5.51. The van der Waals surface area contributed by atoms with Crippen LogP contribution in [0.1, 0.15) is 32.7 Å². The van der Waals surface area contributed by atoms with E-state index in [-0.39, 0.29) is 16.3 Å². The zero-order chi connectivity index (χ0) is 26.1. The van der Waals surface area contributed by atoms with Crippen LogP contribution in [-0.4, -0.2) is 33.7 Å². The number of ether oxygens (including phenoxy) is 2. The van der Waals surface area contributed by atoms with Crippen molar-refractivity contribution in [2.24, 2.45) is 0 Å². The van der Waals surface area contributed by atoms with Crippen LogP contribution in [0, 0.1) is 25.6 Å². The Bertz CT molecular complexity index is 1410. The molecule has 8 nitrogen and oxygen atoms in total. The van der Waals surface area contributed by atoms with E-state index in [1.807, 2.05) is 6.92 Å². The maximum atomic E-state index is 13.5. The van der Waals surface area contributed by atoms with E-state index in [1.54, 1.807) is 13.0 Å². The lowest BCUT2D eigenvalue weighted by Crippen LogP contribution is -2.21. The third-order valence-electron chi connectivity index (χ3n) is 5.12. The van der Waals surface area contributed by atoms with Gasteiger partial charge in [-0.25, -0.2) is 8.99 Å². The second-order valence-corrected chi connectivity index (χ2v) is 10.0. The van der Waals surface area contributed by atoms with Gasteiger partial charge in [-0.3, -0.25) is 4.79 Å². The summed E-state index contributed by atoms with van der Waals surface area (Å²) in [5.74, 6) is -0.683. The van der Waals surface area contributed by atoms with E-state index in [4.69, 9.17) is 14.3 Å². The van der Waals surface area contributed by atoms with Crippen LogP contribution < -0.4 is 14.8 Å². The zero-order valence-corrected chi connectivity index (χ0v) is 20.4. The van der Waals surface area contributed by atoms with Gasteiger partial charge in [0.1, 0.15) is 17.1 Å². The molecule has 1 unspecified atom stereocenters. The second kappa shape index (κ2) is 9.53. The third-order valence-corrected chi connectivity index (χ3v) is 6.27. The van der Waals surface area contributed by atoms with E-state index in [0.717, 1.165) is 12.5 Å². The van der Waals surface area contributed by atoms with Gasteiger partial charge in [-0.1, -0.05) is 6.07 Å². The van der Waals surface area contributed by atoms with Gasteiger partial charge in [0.05, 0.1) is 16.8 Å². The monoisotopic (exact) mass is 508 g/mol. The molecule has 1 aromatic heterocycles. The van der Waals surface area contributed by atoms with Crippen LogP contribution in [0.2, 0.25) is 0 Å². The Morgan fingerprint density at radius 1 is 1.06 bits per heavy atom. The number of aryl methyl sites for hydroxylation is 2. The van der Waals surface area contributed by atoms with Crippen molar-refractivity contribution >= 4 is 21.3 Å². The molecule has 0 aliphatic heterocycles. The number of hydrogen-bond donors (Lipinski definition) is 2. The number of methoxy groups -OCH3 is 1. The number of anilines is 1. The number of benzene rings is 2. The van der Waals surface area contributed by atoms with E-state index < -0.39 is 44.5 Å². The second-order valence-electron chi connectivity index (χ2n) is 7.87. The van der Waals surface area contributed by atoms with E-state index in [0.29, 0.717) is 11.3 Å². The van der Waals surface area contributed by atoms with Crippen LogP contribution in [0.4, 0.5) is 18.9 Å². The topological polar surface area (TPSA) is 114 Å². The van der Waals surface area contributed by atoms with Crippen molar-refractivity contribution in [3.63, 3.8) is 0 Å². The lowest BCUT2D eigenvalue weighted by Gasteiger charge is -2.17. The molecule has 2 aromatic carbocycles. The van der Waals surface area contributed by atoms with Gasteiger partial charge in [0.2, 0.25) is 0 Å². The first-order valence-electron chi connectivity index (χ1n) is 10.1. The summed E-state index contributed by atoms with van der Waals surface area (Å²) in [6.45, 7) is 4.64. The summed E-state index contributed by atoms with van der Waals surface area (Å²) in [6, 6.07) is 8.99. The molecule has 0 saturated heterocycles. The smallest absolute Gasteiger partial charge is 0.435 e. The van der Waals surface area contributed by atoms with Gasteiger partial charge in [0.15, 0.2) is 5.69 Å². The molecule has 0 spiro atoms. The van der Waals surface area contributed by atoms with E-state index in [2.05, 4.69) is 15.5 Å². The van der Waals surface area contributed by atoms with Crippen LogP contribution >= 0.6 is 0 Å². The lowest BCUT2D eigenvalue weighted by molar-refractivity contribution is -0.142. The molecule has 0 aliphatic rings. The Labute approximate surface area is 200 Å². The number of aromatic nitrogens is 2. The minimum absolute atomic E-state index is 0.137. The van der Waals surface area contributed by atoms with Crippen molar-refractivity contribution in [3.8, 4) is 17.4 Å². The molecule has 1 atom stereocenters. The summed E-state index contributed by atoms with van der Waals surface area (Å²) in [6.07, 6.45) is -3.64. The fraction of sp³-hybridized carbons (Fsp3) is 0.261. The highest BCUT2D eigenvalue weighted by atomic mass is 32.2. The number of halogens is 3. The number of hydrogen-bond acceptors (Lipinski definition) is 7. The van der Waals surface area contributed by atoms with Gasteiger partial charge in [0, 0.05) is 22.9 Å². The van der Waals surface area contributed by atoms with Crippen LogP contribution in [0.3, 0.4) is 0 Å². The first-order chi connectivity index (χ1) is 16.2. The highest BCUT2D eigenvalue weighted by Gasteiger charge is 2.38. The largest absolute Gasteiger partial charge is 0.496 e. The predicted molar refractivity (Wildman–Crippen MR) is 124 cm³/mol. The maximum absolute atomic E-state index is 13.5. The molecule has 3 aromatic rings. The fourth-order valence-electron chi connectivity index (χ4n) is 3.36. The van der Waals surface area contributed by atoms with E-state index >= 15 is 0 Å². The molecule has 2 N–H and O–H groups in total. The summed E-state index contributed by atoms with van der Waals surface area (Å²) in [4.78, 5) is 13.3. The standard InChI is InChI=1S/C23H23F3N4O4S/c1-12-9-13(2)18(11-17(12)33-4)34-22-19(14(3)20(29-30-22)23(24,25)26)21(31)28-15-7-6-8-16(10-15)35(5,27)32/h6-11,27H,1-5H3,(H,28,31). The Balaban J connectivity index is 2.11. The SMILES string of the molecule is COc1cc(Oc2nnc(C(F)(F)F)c(C)c2C(=O)Nc2cccc(S(C)(=N)=O)c2)c(C)cc1C. The summed E-state index contributed by atoms with van der Waals surface area (Å²) >= 11 is 0. The van der Waals surface area contributed by atoms with Crippen molar-refractivity contribution in [1.82, 2.24) is 10.2 Å². The molecular formula is C23H23F3N4O4S. The van der Waals surface area contributed by atoms with Crippen LogP contribution in [0.25, 0.3) is 0 Å². The van der Waals surface area contributed by atoms with Gasteiger partial charge < -0.3 is 14.8 Å². The summed E-state index contributed by atoms with van der Waals surface area (Å²) in [5, 5.41) is 9.30. The van der Waals surface area contributed by atoms with Gasteiger partial charge in [-0.05, 0) is 61.7 Å². The van der Waals surface area contributed by atoms with Gasteiger partial charge in [0.25, 0.3) is 11.8 Å². The van der Waals surface area contributed by atoms with Crippen LogP contribution in [0.5, 0.6) is 17.4 Å². The Hall–Kier alpha value is -3.67. The molecule has 0 bridgehead atoms. The molecule has 0 saturated carbocycles. The minimum Gasteiger partial charge on any atom is -0.496 e. The fourth-order valence-corrected chi connectivity index (χ4v) is 4.05. The maximum Gasteiger partial charge on any atom is 0.435 e. The number of alkyl halides is 3. The van der Waals surface area contributed by atoms with E-state index in [1.165, 1.54) is 43.7 Å². The van der Waals surface area contributed by atoms with Gasteiger partial charge in [-0.15, -0.1) is 10.2 Å². The lowest BCUT2D eigenvalue weighted by atomic mass is 10.1. The number of carbonyl (C=O) groups is 1. The van der Waals surface area contributed by atoms with Gasteiger partial charge in [-0.2, -0.15) is 13.2 Å². The molecule has 1 heterocycles. The van der Waals surface area contributed by atoms with Gasteiger partial charge >= 0.3 is 6.18 Å². The summed E-state index contributed by atoms with van der Waals surface area (Å²) < 4.78 is 71.4. The summed E-state index contributed by atoms with van der Waals surface area (Å²) in [7, 11) is -1.62. The van der Waals surface area contributed by atoms with Crippen molar-refractivity contribution in [2.45, 2.75) is 31.8 Å². The molecule has 3 rings (SSSR count). The minimum atomic E-state index is -4.85. The highest BCUT2D eigenvalue weighted by molar-refractivity contribution is 7.91. The number of carbonyl (C=O) groups excluding carboxylic acids is 1. The summed E-state index contributed by atoms with van der Waals surface area (Å²) in [5.41, 5.74) is -0.697. The zero-order valence-electron chi connectivity index (χ0n) is 19.5. The average molecular weight is 509 g/mol. The molecule has 12 heteroatoms.